The third kappa shape index (κ3) is 2.94. The van der Waals surface area contributed by atoms with E-state index in [2.05, 4.69) is 23.8 Å². The Labute approximate surface area is 132 Å². The average molecular weight is 322 g/mol. The van der Waals surface area contributed by atoms with Crippen LogP contribution in [-0.4, -0.2) is 20.8 Å². The number of halogens is 1. The van der Waals surface area contributed by atoms with Crippen molar-refractivity contribution >= 4 is 28.8 Å². The molecule has 0 fully saturated rings. The van der Waals surface area contributed by atoms with E-state index < -0.39 is 0 Å². The number of carbonyl (C=O) groups excluding carboxylic acids is 1. The van der Waals surface area contributed by atoms with Crippen LogP contribution in [0.4, 0.5) is 0 Å². The molecular formula is C15H16ClN3OS. The maximum absolute atomic E-state index is 12.5. The monoisotopic (exact) mass is 321 g/mol. The third-order valence-electron chi connectivity index (χ3n) is 3.40. The molecule has 1 aliphatic heterocycles. The van der Waals surface area contributed by atoms with Crippen LogP contribution in [0.5, 0.6) is 0 Å². The van der Waals surface area contributed by atoms with Gasteiger partial charge in [0.15, 0.2) is 0 Å². The summed E-state index contributed by atoms with van der Waals surface area (Å²) >= 11 is 7.42. The van der Waals surface area contributed by atoms with Crippen LogP contribution >= 0.6 is 22.9 Å². The van der Waals surface area contributed by atoms with Gasteiger partial charge in [0.2, 0.25) is 0 Å². The average Bonchev–Trinajstić information content (AvgIpc) is 3.02. The molecule has 2 aromatic heterocycles. The molecular weight excluding hydrogens is 306 g/mol. The largest absolute Gasteiger partial charge is 0.328 e. The lowest BCUT2D eigenvalue weighted by Gasteiger charge is -2.13. The van der Waals surface area contributed by atoms with E-state index in [1.54, 1.807) is 11.0 Å². The van der Waals surface area contributed by atoms with E-state index in [9.17, 15) is 4.79 Å². The smallest absolute Gasteiger partial charge is 0.266 e. The zero-order valence-corrected chi connectivity index (χ0v) is 13.5. The van der Waals surface area contributed by atoms with Crippen LogP contribution in [0.2, 0.25) is 5.02 Å². The summed E-state index contributed by atoms with van der Waals surface area (Å²) in [5.41, 5.74) is 1.99. The van der Waals surface area contributed by atoms with Gasteiger partial charge in [0.1, 0.15) is 10.7 Å². The Morgan fingerprint density at radius 3 is 2.95 bits per heavy atom. The Bertz CT molecular complexity index is 683. The first-order valence-electron chi connectivity index (χ1n) is 6.90. The van der Waals surface area contributed by atoms with E-state index in [0.717, 1.165) is 23.5 Å². The van der Waals surface area contributed by atoms with Gasteiger partial charge in [-0.25, -0.2) is 9.97 Å². The Hall–Kier alpha value is -1.46. The third-order valence-corrected chi connectivity index (χ3v) is 4.72. The highest BCUT2D eigenvalue weighted by molar-refractivity contribution is 7.12. The molecule has 0 saturated carbocycles. The maximum Gasteiger partial charge on any atom is 0.266 e. The van der Waals surface area contributed by atoms with Crippen molar-refractivity contribution in [1.29, 1.82) is 0 Å². The normalized spacial score (nSPS) is 13.8. The van der Waals surface area contributed by atoms with Crippen molar-refractivity contribution in [3.8, 4) is 0 Å². The minimum Gasteiger partial charge on any atom is -0.328 e. The number of fused-ring (bicyclic) bond motifs is 1. The van der Waals surface area contributed by atoms with Crippen LogP contribution in [-0.2, 0) is 19.5 Å². The molecule has 1 amide bonds. The molecule has 3 rings (SSSR count). The topological polar surface area (TPSA) is 46.1 Å². The minimum atomic E-state index is -0.0293. The quantitative estimate of drug-likeness (QED) is 0.868. The second kappa shape index (κ2) is 5.73. The summed E-state index contributed by atoms with van der Waals surface area (Å²) in [6, 6.07) is 1.75. The van der Waals surface area contributed by atoms with E-state index in [1.165, 1.54) is 11.3 Å². The molecule has 0 radical (unpaired) electrons. The molecule has 0 atom stereocenters. The minimum absolute atomic E-state index is 0.0293. The fraction of sp³-hybridized carbons (Fsp3) is 0.400. The molecule has 1 aliphatic rings. The van der Waals surface area contributed by atoms with Gasteiger partial charge in [0.05, 0.1) is 17.3 Å². The molecule has 110 valence electrons. The lowest BCUT2D eigenvalue weighted by molar-refractivity contribution is 0.0755. The molecule has 3 heterocycles. The van der Waals surface area contributed by atoms with Gasteiger partial charge in [-0.05, 0) is 17.4 Å². The van der Waals surface area contributed by atoms with Gasteiger partial charge in [0.25, 0.3) is 5.91 Å². The number of amides is 1. The number of carbonyl (C=O) groups is 1. The highest BCUT2D eigenvalue weighted by Crippen LogP contribution is 2.28. The predicted molar refractivity (Wildman–Crippen MR) is 83.5 cm³/mol. The number of nitrogens with zero attached hydrogens (tertiary/aromatic N) is 3. The number of hydrogen-bond donors (Lipinski definition) is 0. The molecule has 6 heteroatoms. The fourth-order valence-electron chi connectivity index (χ4n) is 2.39. The highest BCUT2D eigenvalue weighted by Gasteiger charge is 2.27. The van der Waals surface area contributed by atoms with E-state index in [4.69, 9.17) is 11.6 Å². The van der Waals surface area contributed by atoms with Crippen LogP contribution in [0.1, 0.15) is 40.6 Å². The molecule has 0 aromatic carbocycles. The van der Waals surface area contributed by atoms with Gasteiger partial charge >= 0.3 is 0 Å². The first-order chi connectivity index (χ1) is 10.0. The Morgan fingerprint density at radius 2 is 2.29 bits per heavy atom. The predicted octanol–water partition coefficient (Wildman–Crippen LogP) is 3.55. The molecule has 0 saturated heterocycles. The molecule has 2 aromatic rings. The zero-order chi connectivity index (χ0) is 15.0. The second-order valence-corrected chi connectivity index (χ2v) is 6.94. The van der Waals surface area contributed by atoms with E-state index >= 15 is 0 Å². The van der Waals surface area contributed by atoms with Crippen LogP contribution in [0, 0.1) is 5.92 Å². The van der Waals surface area contributed by atoms with E-state index in [0.29, 0.717) is 28.9 Å². The van der Waals surface area contributed by atoms with Gasteiger partial charge in [-0.1, -0.05) is 25.4 Å². The van der Waals surface area contributed by atoms with Gasteiger partial charge in [-0.15, -0.1) is 11.3 Å². The standard InChI is InChI=1S/C15H16ClN3OS/c1-9(2)5-13-17-6-10-7-19(8-12(10)18-13)15(20)14-11(16)3-4-21-14/h3-4,6,9H,5,7-8H2,1-2H3. The van der Waals surface area contributed by atoms with Crippen molar-refractivity contribution in [2.45, 2.75) is 33.4 Å². The van der Waals surface area contributed by atoms with Crippen LogP contribution in [0.3, 0.4) is 0 Å². The second-order valence-electron chi connectivity index (χ2n) is 5.62. The van der Waals surface area contributed by atoms with Crippen molar-refractivity contribution in [2.75, 3.05) is 0 Å². The van der Waals surface area contributed by atoms with Crippen LogP contribution in [0.25, 0.3) is 0 Å². The number of rotatable bonds is 3. The van der Waals surface area contributed by atoms with Gasteiger partial charge in [-0.2, -0.15) is 0 Å². The summed E-state index contributed by atoms with van der Waals surface area (Å²) in [5.74, 6) is 1.35. The van der Waals surface area contributed by atoms with Crippen LogP contribution in [0.15, 0.2) is 17.6 Å². The summed E-state index contributed by atoms with van der Waals surface area (Å²) < 4.78 is 0. The first kappa shape index (κ1) is 14.5. The first-order valence-corrected chi connectivity index (χ1v) is 8.16. The van der Waals surface area contributed by atoms with Crippen LogP contribution < -0.4 is 0 Å². The van der Waals surface area contributed by atoms with E-state index in [1.807, 2.05) is 11.6 Å². The molecule has 0 spiro atoms. The summed E-state index contributed by atoms with van der Waals surface area (Å²) in [4.78, 5) is 23.8. The van der Waals surface area contributed by atoms with Crippen molar-refractivity contribution in [1.82, 2.24) is 14.9 Å². The number of hydrogen-bond acceptors (Lipinski definition) is 4. The maximum atomic E-state index is 12.5. The number of aromatic nitrogens is 2. The van der Waals surface area contributed by atoms with Crippen molar-refractivity contribution < 1.29 is 4.79 Å². The zero-order valence-electron chi connectivity index (χ0n) is 12.0. The highest BCUT2D eigenvalue weighted by atomic mass is 35.5. The Morgan fingerprint density at radius 1 is 1.48 bits per heavy atom. The molecule has 0 unspecified atom stereocenters. The Kier molecular flexibility index (Phi) is 3.95. The van der Waals surface area contributed by atoms with Gasteiger partial charge in [0, 0.05) is 24.7 Å². The molecule has 4 nitrogen and oxygen atoms in total. The lowest BCUT2D eigenvalue weighted by atomic mass is 10.1. The van der Waals surface area contributed by atoms with Crippen molar-refractivity contribution in [2.24, 2.45) is 5.92 Å². The van der Waals surface area contributed by atoms with Gasteiger partial charge < -0.3 is 4.90 Å². The summed E-state index contributed by atoms with van der Waals surface area (Å²) in [6.45, 7) is 5.39. The molecule has 0 aliphatic carbocycles. The SMILES string of the molecule is CC(C)Cc1ncc2c(n1)CN(C(=O)c1sccc1Cl)C2. The van der Waals surface area contributed by atoms with Crippen molar-refractivity contribution in [3.63, 3.8) is 0 Å². The summed E-state index contributed by atoms with van der Waals surface area (Å²) in [6.07, 6.45) is 2.71. The Balaban J connectivity index is 1.78. The van der Waals surface area contributed by atoms with Crippen molar-refractivity contribution in [3.05, 3.63) is 44.6 Å². The number of thiophene rings is 1. The van der Waals surface area contributed by atoms with Gasteiger partial charge in [-0.3, -0.25) is 4.79 Å². The molecule has 0 N–H and O–H groups in total. The summed E-state index contributed by atoms with van der Waals surface area (Å²) in [5, 5.41) is 2.35. The summed E-state index contributed by atoms with van der Waals surface area (Å²) in [7, 11) is 0. The lowest BCUT2D eigenvalue weighted by Crippen LogP contribution is -2.24. The molecule has 0 bridgehead atoms. The van der Waals surface area contributed by atoms with E-state index in [-0.39, 0.29) is 5.91 Å². The molecule has 21 heavy (non-hydrogen) atoms. The fourth-order valence-corrected chi connectivity index (χ4v) is 3.49.